The maximum Gasteiger partial charge on any atom is 0.390 e. The Labute approximate surface area is 121 Å². The van der Waals surface area contributed by atoms with E-state index in [0.717, 1.165) is 0 Å². The first kappa shape index (κ1) is 14.2. The molecular formula is C10H11BrN6O3. The summed E-state index contributed by atoms with van der Waals surface area (Å²) in [6.07, 6.45) is 1.48. The van der Waals surface area contributed by atoms with Crippen molar-refractivity contribution in [3.63, 3.8) is 0 Å². The summed E-state index contributed by atoms with van der Waals surface area (Å²) < 4.78 is 2.04. The number of aromatic nitrogens is 4. The van der Waals surface area contributed by atoms with E-state index in [9.17, 15) is 14.9 Å². The van der Waals surface area contributed by atoms with Gasteiger partial charge in [0.05, 0.1) is 34.1 Å². The minimum absolute atomic E-state index is 0.204. The molecule has 0 bridgehead atoms. The van der Waals surface area contributed by atoms with Crippen LogP contribution in [-0.2, 0) is 6.54 Å². The fourth-order valence-corrected chi connectivity index (χ4v) is 1.97. The van der Waals surface area contributed by atoms with Crippen LogP contribution in [0.4, 0.5) is 5.82 Å². The van der Waals surface area contributed by atoms with Gasteiger partial charge in [-0.2, -0.15) is 9.78 Å². The number of aryl methyl sites for hydroxylation is 1. The zero-order chi connectivity index (χ0) is 14.7. The van der Waals surface area contributed by atoms with Gasteiger partial charge in [0.15, 0.2) is 0 Å². The molecule has 106 valence electrons. The van der Waals surface area contributed by atoms with Gasteiger partial charge in [-0.3, -0.25) is 9.89 Å². The topological polar surface area (TPSA) is 119 Å². The van der Waals surface area contributed by atoms with E-state index >= 15 is 0 Å². The Morgan fingerprint density at radius 2 is 2.40 bits per heavy atom. The molecule has 2 aromatic rings. The number of H-pyrrole nitrogens is 1. The van der Waals surface area contributed by atoms with Gasteiger partial charge in [-0.15, -0.1) is 0 Å². The van der Waals surface area contributed by atoms with Gasteiger partial charge in [0.25, 0.3) is 5.91 Å². The lowest BCUT2D eigenvalue weighted by molar-refractivity contribution is -0.389. The predicted octanol–water partition coefficient (Wildman–Crippen LogP) is 1.02. The molecule has 2 heterocycles. The Hall–Kier alpha value is -2.23. The highest BCUT2D eigenvalue weighted by Gasteiger charge is 2.16. The summed E-state index contributed by atoms with van der Waals surface area (Å²) in [6.45, 7) is 2.36. The average Bonchev–Trinajstić information content (AvgIpc) is 2.96. The summed E-state index contributed by atoms with van der Waals surface area (Å²) in [7, 11) is 0. The minimum atomic E-state index is -0.552. The number of carbonyl (C=O) groups excluding carboxylic acids is 1. The van der Waals surface area contributed by atoms with E-state index in [1.807, 2.05) is 0 Å². The summed E-state index contributed by atoms with van der Waals surface area (Å²) in [5.41, 5.74) is 0.988. The molecule has 0 spiro atoms. The summed E-state index contributed by atoms with van der Waals surface area (Å²) in [5.74, 6) is -0.515. The van der Waals surface area contributed by atoms with Crippen LogP contribution < -0.4 is 5.32 Å². The highest BCUT2D eigenvalue weighted by molar-refractivity contribution is 9.10. The van der Waals surface area contributed by atoms with Crippen molar-refractivity contribution < 1.29 is 9.72 Å². The second kappa shape index (κ2) is 5.82. The van der Waals surface area contributed by atoms with E-state index in [1.54, 1.807) is 6.92 Å². The molecule has 0 aliphatic rings. The van der Waals surface area contributed by atoms with E-state index < -0.39 is 4.92 Å². The summed E-state index contributed by atoms with van der Waals surface area (Å²) in [5, 5.41) is 23.4. The lowest BCUT2D eigenvalue weighted by atomic mass is 10.4. The van der Waals surface area contributed by atoms with Crippen molar-refractivity contribution in [2.24, 2.45) is 0 Å². The molecule has 20 heavy (non-hydrogen) atoms. The van der Waals surface area contributed by atoms with Gasteiger partial charge in [-0.1, -0.05) is 0 Å². The molecular weight excluding hydrogens is 332 g/mol. The van der Waals surface area contributed by atoms with Gasteiger partial charge >= 0.3 is 5.82 Å². The van der Waals surface area contributed by atoms with Gasteiger partial charge in [-0.25, -0.2) is 0 Å². The zero-order valence-electron chi connectivity index (χ0n) is 10.5. The molecule has 0 aliphatic heterocycles. The third-order valence-electron chi connectivity index (χ3n) is 2.58. The molecule has 0 aliphatic carbocycles. The summed E-state index contributed by atoms with van der Waals surface area (Å²) in [6, 6.07) is 1.38. The maximum absolute atomic E-state index is 11.8. The van der Waals surface area contributed by atoms with Crippen LogP contribution in [0.3, 0.4) is 0 Å². The Bertz CT molecular complexity index is 649. The quantitative estimate of drug-likeness (QED) is 0.620. The molecule has 1 amide bonds. The van der Waals surface area contributed by atoms with Gasteiger partial charge in [0.1, 0.15) is 5.69 Å². The van der Waals surface area contributed by atoms with E-state index in [-0.39, 0.29) is 11.7 Å². The number of rotatable bonds is 5. The lowest BCUT2D eigenvalue weighted by Crippen LogP contribution is -2.28. The van der Waals surface area contributed by atoms with Crippen molar-refractivity contribution in [2.75, 3.05) is 6.54 Å². The molecule has 0 radical (unpaired) electrons. The number of nitrogens with zero attached hydrogens (tertiary/aromatic N) is 4. The monoisotopic (exact) mass is 342 g/mol. The number of hydrogen-bond acceptors (Lipinski definition) is 5. The third kappa shape index (κ3) is 3.02. The normalized spacial score (nSPS) is 10.5. The third-order valence-corrected chi connectivity index (χ3v) is 3.19. The number of halogens is 1. The molecule has 2 aromatic heterocycles. The van der Waals surface area contributed by atoms with Crippen molar-refractivity contribution in [3.8, 4) is 0 Å². The average molecular weight is 343 g/mol. The standard InChI is InChI=1S/C10H11BrN6O3/c1-6-4-8(17(19)20)15-16(6)3-2-12-10(18)9-7(11)5-13-14-9/h4-5H,2-3H2,1H3,(H,12,18)(H,13,14). The molecule has 0 saturated heterocycles. The molecule has 0 aromatic carbocycles. The summed E-state index contributed by atoms with van der Waals surface area (Å²) >= 11 is 3.19. The van der Waals surface area contributed by atoms with E-state index in [0.29, 0.717) is 29.0 Å². The van der Waals surface area contributed by atoms with Crippen LogP contribution in [-0.4, -0.2) is 37.4 Å². The lowest BCUT2D eigenvalue weighted by Gasteiger charge is -2.03. The van der Waals surface area contributed by atoms with Gasteiger partial charge in [0.2, 0.25) is 0 Å². The molecule has 2 N–H and O–H groups in total. The van der Waals surface area contributed by atoms with Crippen LogP contribution >= 0.6 is 15.9 Å². The van der Waals surface area contributed by atoms with Gasteiger partial charge < -0.3 is 15.4 Å². The summed E-state index contributed by atoms with van der Waals surface area (Å²) in [4.78, 5) is 21.8. The predicted molar refractivity (Wildman–Crippen MR) is 72.2 cm³/mol. The van der Waals surface area contributed by atoms with Crippen molar-refractivity contribution in [2.45, 2.75) is 13.5 Å². The molecule has 0 unspecified atom stereocenters. The molecule has 9 nitrogen and oxygen atoms in total. The smallest absolute Gasteiger partial charge is 0.358 e. The molecule has 0 saturated carbocycles. The molecule has 10 heteroatoms. The van der Waals surface area contributed by atoms with Crippen molar-refractivity contribution in [3.05, 3.63) is 38.2 Å². The van der Waals surface area contributed by atoms with E-state index in [1.165, 1.54) is 16.9 Å². The van der Waals surface area contributed by atoms with Crippen LogP contribution in [0, 0.1) is 17.0 Å². The Kier molecular flexibility index (Phi) is 4.13. The van der Waals surface area contributed by atoms with Crippen molar-refractivity contribution in [1.82, 2.24) is 25.3 Å². The van der Waals surface area contributed by atoms with Crippen LogP contribution in [0.2, 0.25) is 0 Å². The van der Waals surface area contributed by atoms with E-state index in [4.69, 9.17) is 0 Å². The number of hydrogen-bond donors (Lipinski definition) is 2. The number of nitrogens with one attached hydrogen (secondary N) is 2. The van der Waals surface area contributed by atoms with Crippen LogP contribution in [0.15, 0.2) is 16.7 Å². The number of nitro groups is 1. The fraction of sp³-hybridized carbons (Fsp3) is 0.300. The number of amides is 1. The Balaban J connectivity index is 1.92. The number of carbonyl (C=O) groups is 1. The first-order chi connectivity index (χ1) is 9.49. The first-order valence-electron chi connectivity index (χ1n) is 5.65. The van der Waals surface area contributed by atoms with Crippen LogP contribution in [0.25, 0.3) is 0 Å². The van der Waals surface area contributed by atoms with Crippen LogP contribution in [0.5, 0.6) is 0 Å². The largest absolute Gasteiger partial charge is 0.390 e. The van der Waals surface area contributed by atoms with Gasteiger partial charge in [0, 0.05) is 6.54 Å². The second-order valence-electron chi connectivity index (χ2n) is 3.97. The molecule has 0 fully saturated rings. The Morgan fingerprint density at radius 1 is 1.65 bits per heavy atom. The van der Waals surface area contributed by atoms with Gasteiger partial charge in [-0.05, 0) is 27.8 Å². The fourth-order valence-electron chi connectivity index (χ4n) is 1.60. The first-order valence-corrected chi connectivity index (χ1v) is 6.44. The second-order valence-corrected chi connectivity index (χ2v) is 4.83. The Morgan fingerprint density at radius 3 is 2.95 bits per heavy atom. The highest BCUT2D eigenvalue weighted by Crippen LogP contribution is 2.12. The highest BCUT2D eigenvalue weighted by atomic mass is 79.9. The zero-order valence-corrected chi connectivity index (χ0v) is 12.0. The van der Waals surface area contributed by atoms with E-state index in [2.05, 4.69) is 36.5 Å². The molecule has 0 atom stereocenters. The molecule has 2 rings (SSSR count). The van der Waals surface area contributed by atoms with Crippen LogP contribution in [0.1, 0.15) is 16.2 Å². The van der Waals surface area contributed by atoms with Crippen molar-refractivity contribution >= 4 is 27.7 Å². The van der Waals surface area contributed by atoms with Crippen molar-refractivity contribution in [1.29, 1.82) is 0 Å². The minimum Gasteiger partial charge on any atom is -0.358 e. The SMILES string of the molecule is Cc1cc([N+](=O)[O-])nn1CCNC(=O)c1[nH]ncc1Br. The maximum atomic E-state index is 11.8. The number of aromatic amines is 1.